The number of hydrogen-bond acceptors (Lipinski definition) is 2. The maximum absolute atomic E-state index is 13.2. The molecular formula is C12H10BrFN2O2. The normalized spacial score (nSPS) is 12.3. The van der Waals surface area contributed by atoms with Gasteiger partial charge in [-0.1, -0.05) is 12.1 Å². The minimum atomic E-state index is -0.961. The third-order valence-electron chi connectivity index (χ3n) is 2.52. The number of carboxylic acid groups (broad SMARTS) is 1. The van der Waals surface area contributed by atoms with Gasteiger partial charge in [-0.25, -0.2) is 9.37 Å². The Morgan fingerprint density at radius 1 is 1.56 bits per heavy atom. The summed E-state index contributed by atoms with van der Waals surface area (Å²) < 4.78 is 13.9. The molecule has 4 nitrogen and oxygen atoms in total. The molecule has 0 radical (unpaired) electrons. The summed E-state index contributed by atoms with van der Waals surface area (Å²) >= 11 is 3.21. The molecule has 1 heterocycles. The molecule has 0 amide bonds. The Balaban J connectivity index is 2.39. The summed E-state index contributed by atoms with van der Waals surface area (Å²) in [6, 6.07) is 5.88. The second-order valence-electron chi connectivity index (χ2n) is 3.82. The molecule has 0 saturated heterocycles. The minimum absolute atomic E-state index is 0.149. The number of benzene rings is 1. The highest BCUT2D eigenvalue weighted by Gasteiger charge is 2.21. The Bertz CT molecular complexity index is 571. The van der Waals surface area contributed by atoms with Gasteiger partial charge in [0.25, 0.3) is 0 Å². The number of hydrogen-bond donors (Lipinski definition) is 2. The molecule has 1 atom stereocenters. The molecule has 0 aliphatic carbocycles. The van der Waals surface area contributed by atoms with E-state index in [-0.39, 0.29) is 6.42 Å². The Labute approximate surface area is 111 Å². The molecule has 0 aliphatic heterocycles. The second-order valence-corrected chi connectivity index (χ2v) is 4.68. The number of imidazole rings is 1. The molecule has 6 heteroatoms. The molecule has 2 aromatic rings. The van der Waals surface area contributed by atoms with Crippen molar-refractivity contribution in [3.05, 3.63) is 52.3 Å². The third kappa shape index (κ3) is 2.95. The highest BCUT2D eigenvalue weighted by atomic mass is 79.9. The molecule has 1 aromatic carbocycles. The van der Waals surface area contributed by atoms with Gasteiger partial charge in [-0.3, -0.25) is 4.79 Å². The van der Waals surface area contributed by atoms with Crippen LogP contribution in [0, 0.1) is 5.82 Å². The van der Waals surface area contributed by atoms with Crippen molar-refractivity contribution >= 4 is 21.9 Å². The van der Waals surface area contributed by atoms with Crippen LogP contribution in [0.25, 0.3) is 0 Å². The molecule has 0 spiro atoms. The van der Waals surface area contributed by atoms with Gasteiger partial charge < -0.3 is 10.1 Å². The van der Waals surface area contributed by atoms with Gasteiger partial charge in [0.1, 0.15) is 16.2 Å². The van der Waals surface area contributed by atoms with Crippen LogP contribution in [0.15, 0.2) is 35.1 Å². The molecule has 94 valence electrons. The maximum Gasteiger partial charge on any atom is 0.304 e. The molecule has 1 aromatic heterocycles. The Morgan fingerprint density at radius 2 is 2.33 bits per heavy atom. The minimum Gasteiger partial charge on any atom is -0.481 e. The van der Waals surface area contributed by atoms with Crippen LogP contribution in [-0.4, -0.2) is 21.0 Å². The van der Waals surface area contributed by atoms with Crippen molar-refractivity contribution in [1.29, 1.82) is 0 Å². The highest BCUT2D eigenvalue weighted by Crippen LogP contribution is 2.27. The van der Waals surface area contributed by atoms with Crippen LogP contribution >= 0.6 is 15.9 Å². The smallest absolute Gasteiger partial charge is 0.304 e. The lowest BCUT2D eigenvalue weighted by molar-refractivity contribution is -0.137. The number of aromatic nitrogens is 2. The lowest BCUT2D eigenvalue weighted by atomic mass is 9.95. The van der Waals surface area contributed by atoms with Crippen molar-refractivity contribution in [3.8, 4) is 0 Å². The highest BCUT2D eigenvalue weighted by molar-refractivity contribution is 9.10. The third-order valence-corrected chi connectivity index (χ3v) is 2.93. The first-order valence-corrected chi connectivity index (χ1v) is 6.03. The van der Waals surface area contributed by atoms with E-state index in [1.165, 1.54) is 12.1 Å². The van der Waals surface area contributed by atoms with Crippen molar-refractivity contribution in [3.63, 3.8) is 0 Å². The van der Waals surface area contributed by atoms with Gasteiger partial charge in [-0.05, 0) is 33.6 Å². The Morgan fingerprint density at radius 3 is 2.89 bits per heavy atom. The van der Waals surface area contributed by atoms with E-state index in [0.29, 0.717) is 16.0 Å². The van der Waals surface area contributed by atoms with Gasteiger partial charge >= 0.3 is 5.97 Å². The topological polar surface area (TPSA) is 66.0 Å². The monoisotopic (exact) mass is 312 g/mol. The number of aliphatic carboxylic acids is 1. The fraction of sp³-hybridized carbons (Fsp3) is 0.167. The van der Waals surface area contributed by atoms with Crippen molar-refractivity contribution < 1.29 is 14.3 Å². The number of H-pyrrole nitrogens is 1. The average molecular weight is 313 g/mol. The molecule has 0 fully saturated rings. The van der Waals surface area contributed by atoms with Crippen LogP contribution in [0.4, 0.5) is 4.39 Å². The average Bonchev–Trinajstić information content (AvgIpc) is 2.72. The van der Waals surface area contributed by atoms with Crippen LogP contribution in [0.1, 0.15) is 23.7 Å². The molecule has 2 rings (SSSR count). The van der Waals surface area contributed by atoms with Gasteiger partial charge in [-0.2, -0.15) is 0 Å². The number of aromatic amines is 1. The van der Waals surface area contributed by atoms with E-state index in [0.717, 1.165) is 0 Å². The lowest BCUT2D eigenvalue weighted by Gasteiger charge is -2.12. The summed E-state index contributed by atoms with van der Waals surface area (Å²) in [6.45, 7) is 0. The number of nitrogens with zero attached hydrogens (tertiary/aromatic N) is 1. The number of halogens is 2. The van der Waals surface area contributed by atoms with E-state index in [9.17, 15) is 9.18 Å². The number of rotatable bonds is 4. The van der Waals surface area contributed by atoms with Crippen LogP contribution in [-0.2, 0) is 4.79 Å². The zero-order valence-electron chi connectivity index (χ0n) is 9.23. The van der Waals surface area contributed by atoms with E-state index in [4.69, 9.17) is 5.11 Å². The summed E-state index contributed by atoms with van der Waals surface area (Å²) in [6.07, 6.45) is 1.40. The van der Waals surface area contributed by atoms with Crippen LogP contribution < -0.4 is 0 Å². The Hall–Kier alpha value is -1.69. The van der Waals surface area contributed by atoms with Crippen LogP contribution in [0.3, 0.4) is 0 Å². The molecule has 18 heavy (non-hydrogen) atoms. The first-order chi connectivity index (χ1) is 8.56. The number of carboxylic acids is 1. The largest absolute Gasteiger partial charge is 0.481 e. The quantitative estimate of drug-likeness (QED) is 0.912. The van der Waals surface area contributed by atoms with Gasteiger partial charge in [0.15, 0.2) is 0 Å². The number of nitrogens with one attached hydrogen (secondary N) is 1. The maximum atomic E-state index is 13.2. The fourth-order valence-corrected chi connectivity index (χ4v) is 2.07. The number of carbonyl (C=O) groups is 1. The SMILES string of the molecule is O=C(O)CC(c1cccc(F)c1)c1ncc(Br)[nH]1. The summed E-state index contributed by atoms with van der Waals surface area (Å²) in [5.41, 5.74) is 0.583. The molecule has 1 unspecified atom stereocenters. The van der Waals surface area contributed by atoms with E-state index < -0.39 is 17.7 Å². The van der Waals surface area contributed by atoms with Crippen molar-refractivity contribution in [2.24, 2.45) is 0 Å². The van der Waals surface area contributed by atoms with E-state index in [2.05, 4.69) is 25.9 Å². The standard InChI is InChI=1S/C12H10BrFN2O2/c13-10-6-15-12(16-10)9(5-11(17)18)7-2-1-3-8(14)4-7/h1-4,6,9H,5H2,(H,15,16)(H,17,18). The fourth-order valence-electron chi connectivity index (χ4n) is 1.76. The van der Waals surface area contributed by atoms with Crippen molar-refractivity contribution in [1.82, 2.24) is 9.97 Å². The molecule has 0 aliphatic rings. The molecule has 0 bridgehead atoms. The van der Waals surface area contributed by atoms with Gasteiger partial charge in [0.05, 0.1) is 18.5 Å². The predicted octanol–water partition coefficient (Wildman–Crippen LogP) is 2.92. The van der Waals surface area contributed by atoms with Gasteiger partial charge in [0.2, 0.25) is 0 Å². The van der Waals surface area contributed by atoms with Crippen molar-refractivity contribution in [2.75, 3.05) is 0 Å². The van der Waals surface area contributed by atoms with Crippen LogP contribution in [0.2, 0.25) is 0 Å². The second kappa shape index (κ2) is 5.30. The van der Waals surface area contributed by atoms with E-state index in [1.807, 2.05) is 0 Å². The first kappa shape index (κ1) is 12.8. The zero-order valence-corrected chi connectivity index (χ0v) is 10.8. The van der Waals surface area contributed by atoms with E-state index >= 15 is 0 Å². The summed E-state index contributed by atoms with van der Waals surface area (Å²) in [5.74, 6) is -1.36. The van der Waals surface area contributed by atoms with Crippen molar-refractivity contribution in [2.45, 2.75) is 12.3 Å². The van der Waals surface area contributed by atoms with Gasteiger partial charge in [0, 0.05) is 0 Å². The first-order valence-electron chi connectivity index (χ1n) is 5.24. The van der Waals surface area contributed by atoms with Crippen LogP contribution in [0.5, 0.6) is 0 Å². The summed E-state index contributed by atoms with van der Waals surface area (Å²) in [5, 5.41) is 8.94. The zero-order chi connectivity index (χ0) is 13.1. The van der Waals surface area contributed by atoms with Gasteiger partial charge in [-0.15, -0.1) is 0 Å². The predicted molar refractivity (Wildman–Crippen MR) is 66.8 cm³/mol. The molecular weight excluding hydrogens is 303 g/mol. The van der Waals surface area contributed by atoms with E-state index in [1.54, 1.807) is 18.3 Å². The summed E-state index contributed by atoms with van der Waals surface area (Å²) in [4.78, 5) is 17.9. The lowest BCUT2D eigenvalue weighted by Crippen LogP contribution is -2.09. The summed E-state index contributed by atoms with van der Waals surface area (Å²) in [7, 11) is 0. The Kier molecular flexibility index (Phi) is 3.76. The molecule has 0 saturated carbocycles. The molecule has 2 N–H and O–H groups in total.